The third-order valence-corrected chi connectivity index (χ3v) is 5.78. The van der Waals surface area contributed by atoms with Crippen LogP contribution in [0.3, 0.4) is 0 Å². The fraction of sp³-hybridized carbons (Fsp3) is 0.200. The second-order valence-electron chi connectivity index (χ2n) is 8.12. The van der Waals surface area contributed by atoms with Crippen molar-refractivity contribution in [1.82, 2.24) is 19.9 Å². The predicted molar refractivity (Wildman–Crippen MR) is 125 cm³/mol. The van der Waals surface area contributed by atoms with Crippen molar-refractivity contribution in [1.29, 1.82) is 0 Å². The summed E-state index contributed by atoms with van der Waals surface area (Å²) in [7, 11) is 0. The van der Waals surface area contributed by atoms with Crippen LogP contribution in [0.25, 0.3) is 11.0 Å². The first-order valence-corrected chi connectivity index (χ1v) is 11.0. The number of ether oxygens (including phenoxy) is 2. The van der Waals surface area contributed by atoms with E-state index in [9.17, 15) is 14.0 Å². The number of aromatic nitrogens is 3. The number of carbonyl (C=O) groups is 2. The number of amides is 2. The van der Waals surface area contributed by atoms with Gasteiger partial charge < -0.3 is 19.7 Å². The summed E-state index contributed by atoms with van der Waals surface area (Å²) in [5.41, 5.74) is 2.58. The smallest absolute Gasteiger partial charge is 0.246 e. The number of para-hydroxylation sites is 1. The summed E-state index contributed by atoms with van der Waals surface area (Å²) in [4.78, 5) is 28.0. The van der Waals surface area contributed by atoms with E-state index < -0.39 is 6.04 Å². The largest absolute Gasteiger partial charge is 0.454 e. The molecule has 1 aliphatic heterocycles. The molecule has 0 saturated heterocycles. The molecule has 0 fully saturated rings. The first kappa shape index (κ1) is 22.3. The minimum Gasteiger partial charge on any atom is -0.454 e. The Kier molecular flexibility index (Phi) is 6.01. The van der Waals surface area contributed by atoms with E-state index in [4.69, 9.17) is 9.47 Å². The molecule has 2 amide bonds. The van der Waals surface area contributed by atoms with Crippen LogP contribution in [0.5, 0.6) is 11.5 Å². The number of fused-ring (bicyclic) bond motifs is 2. The summed E-state index contributed by atoms with van der Waals surface area (Å²) in [6.45, 7) is 1.77. The maximum Gasteiger partial charge on any atom is 0.246 e. The number of hydrogen-bond donors (Lipinski definition) is 1. The Balaban J connectivity index is 1.37. The molecular formula is C25H22FN5O4. The second kappa shape index (κ2) is 9.41. The minimum absolute atomic E-state index is 0.108. The highest BCUT2D eigenvalue weighted by Crippen LogP contribution is 2.34. The molecule has 0 aliphatic carbocycles. The van der Waals surface area contributed by atoms with Crippen LogP contribution < -0.4 is 14.8 Å². The van der Waals surface area contributed by atoms with E-state index in [1.165, 1.54) is 21.7 Å². The topological polar surface area (TPSA) is 98.6 Å². The number of anilines is 1. The van der Waals surface area contributed by atoms with Crippen molar-refractivity contribution in [3.05, 3.63) is 78.1 Å². The molecule has 0 saturated carbocycles. The van der Waals surface area contributed by atoms with Crippen molar-refractivity contribution < 1.29 is 23.5 Å². The van der Waals surface area contributed by atoms with Gasteiger partial charge in [-0.05, 0) is 48.9 Å². The van der Waals surface area contributed by atoms with E-state index in [0.717, 1.165) is 0 Å². The highest BCUT2D eigenvalue weighted by molar-refractivity contribution is 5.97. The Bertz CT molecular complexity index is 1390. The molecule has 1 unspecified atom stereocenters. The quantitative estimate of drug-likeness (QED) is 0.440. The lowest BCUT2D eigenvalue weighted by Gasteiger charge is -2.29. The van der Waals surface area contributed by atoms with E-state index in [2.05, 4.69) is 15.6 Å². The Morgan fingerprint density at radius 2 is 1.86 bits per heavy atom. The second-order valence-corrected chi connectivity index (χ2v) is 8.12. The van der Waals surface area contributed by atoms with E-state index in [1.807, 2.05) is 18.2 Å². The van der Waals surface area contributed by atoms with E-state index in [0.29, 0.717) is 33.8 Å². The van der Waals surface area contributed by atoms with Gasteiger partial charge in [-0.25, -0.2) is 9.07 Å². The molecule has 178 valence electrons. The van der Waals surface area contributed by atoms with E-state index in [1.54, 1.807) is 43.3 Å². The molecule has 1 N–H and O–H groups in total. The van der Waals surface area contributed by atoms with Crippen molar-refractivity contribution in [3.8, 4) is 11.5 Å². The maximum absolute atomic E-state index is 13.4. The summed E-state index contributed by atoms with van der Waals surface area (Å²) >= 11 is 0. The number of halogens is 1. The van der Waals surface area contributed by atoms with Gasteiger partial charge in [-0.2, -0.15) is 0 Å². The average molecular weight is 475 g/mol. The van der Waals surface area contributed by atoms with Gasteiger partial charge in [0.15, 0.2) is 11.5 Å². The zero-order valence-electron chi connectivity index (χ0n) is 18.8. The summed E-state index contributed by atoms with van der Waals surface area (Å²) in [6.07, 6.45) is 0. The third kappa shape index (κ3) is 4.77. The van der Waals surface area contributed by atoms with Gasteiger partial charge in [-0.15, -0.1) is 5.10 Å². The molecule has 10 heteroatoms. The lowest BCUT2D eigenvalue weighted by Crippen LogP contribution is -2.46. The van der Waals surface area contributed by atoms with Gasteiger partial charge in [0, 0.05) is 18.3 Å². The van der Waals surface area contributed by atoms with E-state index >= 15 is 0 Å². The van der Waals surface area contributed by atoms with Crippen LogP contribution in [0.2, 0.25) is 0 Å². The summed E-state index contributed by atoms with van der Waals surface area (Å²) < 4.78 is 25.6. The highest BCUT2D eigenvalue weighted by Gasteiger charge is 2.27. The number of benzene rings is 3. The maximum atomic E-state index is 13.4. The van der Waals surface area contributed by atoms with Crippen molar-refractivity contribution in [3.63, 3.8) is 0 Å². The van der Waals surface area contributed by atoms with Crippen LogP contribution in [0.1, 0.15) is 12.5 Å². The number of carbonyl (C=O) groups excluding carboxylic acids is 2. The third-order valence-electron chi connectivity index (χ3n) is 5.78. The Morgan fingerprint density at radius 3 is 2.69 bits per heavy atom. The van der Waals surface area contributed by atoms with Crippen LogP contribution in [-0.2, 0) is 22.7 Å². The van der Waals surface area contributed by atoms with Crippen LogP contribution in [0.15, 0.2) is 66.7 Å². The molecule has 2 heterocycles. The number of nitrogens with one attached hydrogen (secondary N) is 1. The molecule has 1 aliphatic rings. The molecule has 0 radical (unpaired) electrons. The normalized spacial score (nSPS) is 13.0. The Hall–Kier alpha value is -4.47. The molecule has 4 aromatic rings. The van der Waals surface area contributed by atoms with Gasteiger partial charge in [0.25, 0.3) is 0 Å². The van der Waals surface area contributed by atoms with Gasteiger partial charge in [0.1, 0.15) is 23.9 Å². The fourth-order valence-electron chi connectivity index (χ4n) is 3.84. The van der Waals surface area contributed by atoms with Crippen molar-refractivity contribution in [2.75, 3.05) is 12.1 Å². The SMILES string of the molecule is CC(C(=O)Nc1ccc2c(c1)OCO2)N(Cc1ccc(F)cc1)C(=O)Cn1nnc2ccccc21. The Labute approximate surface area is 200 Å². The van der Waals surface area contributed by atoms with Gasteiger partial charge in [0.2, 0.25) is 18.6 Å². The van der Waals surface area contributed by atoms with Crippen LogP contribution in [0, 0.1) is 5.82 Å². The molecule has 1 atom stereocenters. The number of hydrogen-bond acceptors (Lipinski definition) is 6. The molecule has 5 rings (SSSR count). The standard InChI is InChI=1S/C25H22FN5O4/c1-16(25(33)27-19-10-11-22-23(12-19)35-15-34-22)30(13-17-6-8-18(26)9-7-17)24(32)14-31-21-5-3-2-4-20(21)28-29-31/h2-12,16H,13-15H2,1H3,(H,27,33). The highest BCUT2D eigenvalue weighted by atomic mass is 19.1. The number of rotatable bonds is 7. The van der Waals surface area contributed by atoms with Gasteiger partial charge >= 0.3 is 0 Å². The molecule has 35 heavy (non-hydrogen) atoms. The first-order valence-electron chi connectivity index (χ1n) is 11.0. The van der Waals surface area contributed by atoms with Gasteiger partial charge in [-0.1, -0.05) is 29.5 Å². The first-order chi connectivity index (χ1) is 17.0. The molecule has 3 aromatic carbocycles. The van der Waals surface area contributed by atoms with Gasteiger partial charge in [-0.3, -0.25) is 9.59 Å². The molecule has 0 bridgehead atoms. The fourth-order valence-corrected chi connectivity index (χ4v) is 3.84. The molecular weight excluding hydrogens is 453 g/mol. The zero-order chi connectivity index (χ0) is 24.4. The summed E-state index contributed by atoms with van der Waals surface area (Å²) in [5.74, 6) is 0.0346. The summed E-state index contributed by atoms with van der Waals surface area (Å²) in [6, 6.07) is 17.4. The molecule has 0 spiro atoms. The van der Waals surface area contributed by atoms with Gasteiger partial charge in [0.05, 0.1) is 5.52 Å². The predicted octanol–water partition coefficient (Wildman–Crippen LogP) is 3.36. The van der Waals surface area contributed by atoms with Crippen LogP contribution in [-0.4, -0.2) is 44.5 Å². The van der Waals surface area contributed by atoms with Crippen LogP contribution >= 0.6 is 0 Å². The average Bonchev–Trinajstić information content (AvgIpc) is 3.50. The Morgan fingerprint density at radius 1 is 1.09 bits per heavy atom. The number of nitrogens with zero attached hydrogens (tertiary/aromatic N) is 4. The van der Waals surface area contributed by atoms with Crippen molar-refractivity contribution in [2.24, 2.45) is 0 Å². The monoisotopic (exact) mass is 475 g/mol. The lowest BCUT2D eigenvalue weighted by molar-refractivity contribution is -0.139. The van der Waals surface area contributed by atoms with Crippen LogP contribution in [0.4, 0.5) is 10.1 Å². The molecule has 9 nitrogen and oxygen atoms in total. The van der Waals surface area contributed by atoms with Crippen molar-refractivity contribution >= 4 is 28.5 Å². The zero-order valence-corrected chi connectivity index (χ0v) is 18.8. The van der Waals surface area contributed by atoms with Crippen molar-refractivity contribution in [2.45, 2.75) is 26.1 Å². The summed E-state index contributed by atoms with van der Waals surface area (Å²) in [5, 5.41) is 11.0. The minimum atomic E-state index is -0.840. The molecule has 1 aromatic heterocycles. The van der Waals surface area contributed by atoms with E-state index in [-0.39, 0.29) is 37.5 Å². The lowest BCUT2D eigenvalue weighted by atomic mass is 10.1.